The number of hydrazine groups is 1. The summed E-state index contributed by atoms with van der Waals surface area (Å²) in [5.74, 6) is 1.22. The third-order valence-electron chi connectivity index (χ3n) is 4.00. The summed E-state index contributed by atoms with van der Waals surface area (Å²) in [5.41, 5.74) is 0.456. The van der Waals surface area contributed by atoms with Crippen molar-refractivity contribution in [3.05, 3.63) is 45.6 Å². The number of hydrogen-bond donors (Lipinski definition) is 2. The van der Waals surface area contributed by atoms with Crippen LogP contribution in [0.15, 0.2) is 30.0 Å². The van der Waals surface area contributed by atoms with Gasteiger partial charge in [0.1, 0.15) is 18.4 Å². The second kappa shape index (κ2) is 8.07. The molecule has 0 aliphatic carbocycles. The Labute approximate surface area is 149 Å². The zero-order chi connectivity index (χ0) is 19.4. The van der Waals surface area contributed by atoms with Crippen LogP contribution in [-0.2, 0) is 16.0 Å². The number of aliphatic hydroxyl groups excluding tert-OH is 1. The van der Waals surface area contributed by atoms with E-state index in [4.69, 9.17) is 4.74 Å². The van der Waals surface area contributed by atoms with Crippen LogP contribution in [0.4, 0.5) is 10.5 Å². The van der Waals surface area contributed by atoms with Gasteiger partial charge in [-0.1, -0.05) is 26.0 Å². The number of carboxylic acid groups (broad SMARTS) is 1. The van der Waals surface area contributed by atoms with Crippen LogP contribution in [0.1, 0.15) is 19.4 Å². The maximum absolute atomic E-state index is 11.7. The maximum atomic E-state index is 11.7. The molecule has 2 rings (SSSR count). The summed E-state index contributed by atoms with van der Waals surface area (Å²) >= 11 is 0. The van der Waals surface area contributed by atoms with Crippen LogP contribution in [0.5, 0.6) is 0 Å². The van der Waals surface area contributed by atoms with Gasteiger partial charge in [-0.25, -0.2) is 9.59 Å². The largest absolute Gasteiger partial charge is 0.464 e. The Hall–Kier alpha value is -2.78. The molecule has 2 unspecified atom stereocenters. The van der Waals surface area contributed by atoms with Gasteiger partial charge in [-0.15, -0.1) is 0 Å². The summed E-state index contributed by atoms with van der Waals surface area (Å²) in [6.45, 7) is 3.06. The van der Waals surface area contributed by atoms with Crippen molar-refractivity contribution < 1.29 is 29.5 Å². The Morgan fingerprint density at radius 2 is 2.08 bits per heavy atom. The van der Waals surface area contributed by atoms with Gasteiger partial charge >= 0.3 is 6.09 Å². The summed E-state index contributed by atoms with van der Waals surface area (Å²) in [5, 5.41) is 32.3. The van der Waals surface area contributed by atoms with Gasteiger partial charge in [0.25, 0.3) is 5.69 Å². The molecule has 1 aliphatic rings. The molecular formula is C16H19N3O7. The lowest BCUT2D eigenvalue weighted by Gasteiger charge is -2.34. The van der Waals surface area contributed by atoms with Crippen molar-refractivity contribution in [3.8, 4) is 0 Å². The number of allylic oxidation sites excluding steroid dienone is 1. The minimum absolute atomic E-state index is 0.0769. The molecule has 1 amide bonds. The molecule has 1 aromatic carbocycles. The van der Waals surface area contributed by atoms with Crippen LogP contribution in [0.25, 0.3) is 0 Å². The lowest BCUT2D eigenvalue weighted by atomic mass is 10.0. The highest BCUT2D eigenvalue weighted by molar-refractivity contribution is 5.71. The number of aliphatic hydroxyl groups is 1. The van der Waals surface area contributed by atoms with Crippen molar-refractivity contribution in [1.29, 1.82) is 0 Å². The molecule has 1 saturated heterocycles. The average Bonchev–Trinajstić information content (AvgIpc) is 2.92. The summed E-state index contributed by atoms with van der Waals surface area (Å²) in [4.78, 5) is 33.1. The van der Waals surface area contributed by atoms with Crippen LogP contribution in [-0.4, -0.2) is 56.3 Å². The number of hydrogen-bond acceptors (Lipinski definition) is 7. The van der Waals surface area contributed by atoms with Gasteiger partial charge in [-0.3, -0.25) is 10.1 Å². The van der Waals surface area contributed by atoms with Crippen molar-refractivity contribution in [2.45, 2.75) is 32.6 Å². The fourth-order valence-corrected chi connectivity index (χ4v) is 2.67. The Morgan fingerprint density at radius 1 is 1.46 bits per heavy atom. The minimum Gasteiger partial charge on any atom is -0.464 e. The predicted octanol–water partition coefficient (Wildman–Crippen LogP) is 1.38. The molecule has 0 bridgehead atoms. The first kappa shape index (κ1) is 19.5. The number of carbonyl (C=O) groups is 1. The minimum atomic E-state index is -1.40. The summed E-state index contributed by atoms with van der Waals surface area (Å²) in [6.07, 6.45) is -2.52. The third-order valence-corrected chi connectivity index (χ3v) is 4.00. The third kappa shape index (κ3) is 4.06. The Bertz CT molecular complexity index is 728. The molecule has 1 aromatic rings. The number of nitrogens with zero attached hydrogens (tertiary/aromatic N) is 3. The van der Waals surface area contributed by atoms with Gasteiger partial charge < -0.3 is 14.9 Å². The van der Waals surface area contributed by atoms with E-state index in [0.29, 0.717) is 5.56 Å². The van der Waals surface area contributed by atoms with Crippen molar-refractivity contribution in [2.75, 3.05) is 6.73 Å². The SMILES string of the molecule is CC(C)C(=C=O)N(C(=O)O)N1COC(O)C1Cc1ccc([N+](=O)[O-])cc1. The van der Waals surface area contributed by atoms with E-state index in [1.807, 2.05) is 0 Å². The molecule has 1 heterocycles. The highest BCUT2D eigenvalue weighted by atomic mass is 16.6. The molecule has 10 nitrogen and oxygen atoms in total. The number of benzene rings is 1. The number of amides is 1. The second-order valence-corrected chi connectivity index (χ2v) is 6.06. The Kier molecular flexibility index (Phi) is 6.06. The van der Waals surface area contributed by atoms with Crippen LogP contribution < -0.4 is 0 Å². The first-order valence-corrected chi connectivity index (χ1v) is 7.83. The number of ether oxygens (including phenoxy) is 1. The zero-order valence-electron chi connectivity index (χ0n) is 14.2. The molecule has 2 N–H and O–H groups in total. The highest BCUT2D eigenvalue weighted by Crippen LogP contribution is 2.26. The number of nitro groups is 1. The normalized spacial score (nSPS) is 20.0. The quantitative estimate of drug-likeness (QED) is 0.439. The number of rotatable bonds is 6. The van der Waals surface area contributed by atoms with Crippen molar-refractivity contribution >= 4 is 17.7 Å². The molecule has 26 heavy (non-hydrogen) atoms. The summed E-state index contributed by atoms with van der Waals surface area (Å²) < 4.78 is 5.14. The number of carbonyl (C=O) groups excluding carboxylic acids is 1. The molecule has 10 heteroatoms. The Morgan fingerprint density at radius 3 is 2.54 bits per heavy atom. The smallest absolute Gasteiger partial charge is 0.427 e. The van der Waals surface area contributed by atoms with E-state index in [0.717, 1.165) is 5.01 Å². The Balaban J connectivity index is 2.28. The molecule has 1 fully saturated rings. The van der Waals surface area contributed by atoms with E-state index in [1.54, 1.807) is 19.8 Å². The molecule has 140 valence electrons. The van der Waals surface area contributed by atoms with Crippen LogP contribution in [0.3, 0.4) is 0 Å². The van der Waals surface area contributed by atoms with E-state index in [-0.39, 0.29) is 24.5 Å². The van der Waals surface area contributed by atoms with Crippen molar-refractivity contribution in [3.63, 3.8) is 0 Å². The topological polar surface area (TPSA) is 133 Å². The first-order valence-electron chi connectivity index (χ1n) is 7.83. The highest BCUT2D eigenvalue weighted by Gasteiger charge is 2.41. The fraction of sp³-hybridized carbons (Fsp3) is 0.438. The van der Waals surface area contributed by atoms with Crippen LogP contribution >= 0.6 is 0 Å². The standard InChI is InChI=1S/C16H19N3O7/c1-10(2)14(8-20)18(16(22)23)17-9-26-15(21)13(17)7-11-3-5-12(6-4-11)19(24)25/h3-6,10,13,15,21H,7,9H2,1-2H3,(H,22,23). The fourth-order valence-electron chi connectivity index (χ4n) is 2.67. The monoisotopic (exact) mass is 365 g/mol. The van der Waals surface area contributed by atoms with Crippen LogP contribution in [0, 0.1) is 16.0 Å². The van der Waals surface area contributed by atoms with Gasteiger partial charge in [-0.2, -0.15) is 10.0 Å². The lowest BCUT2D eigenvalue weighted by Crippen LogP contribution is -2.51. The van der Waals surface area contributed by atoms with Gasteiger partial charge in [0, 0.05) is 18.1 Å². The average molecular weight is 365 g/mol. The van der Waals surface area contributed by atoms with Gasteiger partial charge in [0.2, 0.25) is 0 Å². The summed E-state index contributed by atoms with van der Waals surface area (Å²) in [6, 6.07) is 4.88. The molecule has 0 radical (unpaired) electrons. The molecule has 0 saturated carbocycles. The second-order valence-electron chi connectivity index (χ2n) is 6.06. The zero-order valence-corrected chi connectivity index (χ0v) is 14.2. The molecule has 1 aliphatic heterocycles. The van der Waals surface area contributed by atoms with Gasteiger partial charge in [-0.05, 0) is 12.0 Å². The van der Waals surface area contributed by atoms with E-state index in [1.165, 1.54) is 29.3 Å². The van der Waals surface area contributed by atoms with Crippen molar-refractivity contribution in [1.82, 2.24) is 10.0 Å². The molecule has 0 aromatic heterocycles. The number of non-ortho nitro benzene ring substituents is 1. The maximum Gasteiger partial charge on any atom is 0.427 e. The lowest BCUT2D eigenvalue weighted by molar-refractivity contribution is -0.384. The van der Waals surface area contributed by atoms with E-state index >= 15 is 0 Å². The molecule has 2 atom stereocenters. The predicted molar refractivity (Wildman–Crippen MR) is 88.3 cm³/mol. The van der Waals surface area contributed by atoms with E-state index in [2.05, 4.69) is 0 Å². The van der Waals surface area contributed by atoms with Gasteiger partial charge in [0.15, 0.2) is 6.29 Å². The molecular weight excluding hydrogens is 346 g/mol. The van der Waals surface area contributed by atoms with Gasteiger partial charge in [0.05, 0.1) is 11.0 Å². The van der Waals surface area contributed by atoms with E-state index in [9.17, 15) is 29.9 Å². The van der Waals surface area contributed by atoms with Crippen LogP contribution in [0.2, 0.25) is 0 Å². The molecule has 0 spiro atoms. The number of nitro benzene ring substituents is 1. The first-order chi connectivity index (χ1) is 12.3. The summed E-state index contributed by atoms with van der Waals surface area (Å²) in [7, 11) is 0. The van der Waals surface area contributed by atoms with Crippen molar-refractivity contribution in [2.24, 2.45) is 5.92 Å². The van der Waals surface area contributed by atoms with E-state index < -0.39 is 29.3 Å².